The minimum atomic E-state index is 0.333. The molecule has 0 aromatic carbocycles. The number of piperidine rings is 1. The molecule has 0 aliphatic carbocycles. The predicted octanol–water partition coefficient (Wildman–Crippen LogP) is 2.36. The summed E-state index contributed by atoms with van der Waals surface area (Å²) in [5.74, 6) is 1.65. The van der Waals surface area contributed by atoms with Crippen molar-refractivity contribution in [3.05, 3.63) is 28.8 Å². The third kappa shape index (κ3) is 2.44. The molecule has 1 N–H and O–H groups in total. The third-order valence-electron chi connectivity index (χ3n) is 3.05. The number of aromatic nitrogens is 3. The first kappa shape index (κ1) is 11.8. The van der Waals surface area contributed by atoms with Crippen molar-refractivity contribution in [2.45, 2.75) is 18.8 Å². The molecule has 1 fully saturated rings. The maximum atomic E-state index is 5.35. The molecule has 3 rings (SSSR count). The molecule has 94 valence electrons. The maximum absolute atomic E-state index is 5.35. The van der Waals surface area contributed by atoms with E-state index in [9.17, 15) is 0 Å². The Bertz CT molecular complexity index is 536. The molecule has 0 spiro atoms. The van der Waals surface area contributed by atoms with Gasteiger partial charge in [-0.05, 0) is 41.4 Å². The van der Waals surface area contributed by atoms with Gasteiger partial charge < -0.3 is 9.84 Å². The molecule has 0 amide bonds. The molecule has 0 unspecified atom stereocenters. The molecular weight excluding hydrogens is 296 g/mol. The van der Waals surface area contributed by atoms with Gasteiger partial charge in [-0.25, -0.2) is 0 Å². The lowest BCUT2D eigenvalue weighted by Crippen LogP contribution is -2.28. The summed E-state index contributed by atoms with van der Waals surface area (Å²) in [7, 11) is 0. The van der Waals surface area contributed by atoms with Crippen LogP contribution in [-0.4, -0.2) is 28.2 Å². The Balaban J connectivity index is 1.84. The van der Waals surface area contributed by atoms with E-state index in [1.54, 1.807) is 12.4 Å². The van der Waals surface area contributed by atoms with Crippen molar-refractivity contribution in [2.24, 2.45) is 0 Å². The summed E-state index contributed by atoms with van der Waals surface area (Å²) in [4.78, 5) is 8.57. The number of hydrogen-bond acceptors (Lipinski definition) is 5. The summed E-state index contributed by atoms with van der Waals surface area (Å²) in [5.41, 5.74) is 0.864. The Morgan fingerprint density at radius 3 is 3.11 bits per heavy atom. The molecule has 0 saturated carbocycles. The van der Waals surface area contributed by atoms with Gasteiger partial charge in [0.25, 0.3) is 0 Å². The van der Waals surface area contributed by atoms with Crippen molar-refractivity contribution >= 4 is 15.9 Å². The van der Waals surface area contributed by atoms with Gasteiger partial charge in [0.05, 0.1) is 5.92 Å². The number of pyridine rings is 1. The minimum Gasteiger partial charge on any atom is -0.339 e. The van der Waals surface area contributed by atoms with E-state index in [-0.39, 0.29) is 0 Å². The van der Waals surface area contributed by atoms with Gasteiger partial charge in [-0.15, -0.1) is 0 Å². The normalized spacial score (nSPS) is 19.9. The molecule has 0 radical (unpaired) electrons. The fraction of sp³-hybridized carbons (Fsp3) is 0.417. The Labute approximate surface area is 113 Å². The van der Waals surface area contributed by atoms with E-state index < -0.39 is 0 Å². The molecule has 6 heteroatoms. The van der Waals surface area contributed by atoms with Gasteiger partial charge in [0.2, 0.25) is 11.7 Å². The molecule has 1 aliphatic rings. The topological polar surface area (TPSA) is 63.8 Å². The van der Waals surface area contributed by atoms with E-state index in [4.69, 9.17) is 4.52 Å². The van der Waals surface area contributed by atoms with Gasteiger partial charge in [0.15, 0.2) is 0 Å². The highest BCUT2D eigenvalue weighted by Crippen LogP contribution is 2.25. The van der Waals surface area contributed by atoms with Crippen molar-refractivity contribution in [2.75, 3.05) is 13.1 Å². The van der Waals surface area contributed by atoms with Crippen molar-refractivity contribution < 1.29 is 4.52 Å². The Kier molecular flexibility index (Phi) is 3.38. The summed E-state index contributed by atoms with van der Waals surface area (Å²) in [6.45, 7) is 1.99. The Morgan fingerprint density at radius 2 is 2.33 bits per heavy atom. The second-order valence-electron chi connectivity index (χ2n) is 4.39. The van der Waals surface area contributed by atoms with Gasteiger partial charge in [0, 0.05) is 29.0 Å². The molecule has 5 nitrogen and oxygen atoms in total. The predicted molar refractivity (Wildman–Crippen MR) is 70.1 cm³/mol. The number of hydrogen-bond donors (Lipinski definition) is 1. The van der Waals surface area contributed by atoms with Crippen LogP contribution in [0.5, 0.6) is 0 Å². The summed E-state index contributed by atoms with van der Waals surface area (Å²) < 4.78 is 6.26. The van der Waals surface area contributed by atoms with E-state index >= 15 is 0 Å². The molecule has 1 aliphatic heterocycles. The molecule has 2 aromatic heterocycles. The maximum Gasteiger partial charge on any atom is 0.231 e. The molecule has 18 heavy (non-hydrogen) atoms. The van der Waals surface area contributed by atoms with E-state index in [1.807, 2.05) is 6.07 Å². The van der Waals surface area contributed by atoms with Crippen molar-refractivity contribution in [1.29, 1.82) is 0 Å². The van der Waals surface area contributed by atoms with Crippen LogP contribution in [0.25, 0.3) is 11.4 Å². The first-order chi connectivity index (χ1) is 8.83. The van der Waals surface area contributed by atoms with E-state index in [1.165, 1.54) is 0 Å². The van der Waals surface area contributed by atoms with Crippen molar-refractivity contribution in [3.8, 4) is 11.4 Å². The van der Waals surface area contributed by atoms with Crippen LogP contribution in [0.15, 0.2) is 27.5 Å². The van der Waals surface area contributed by atoms with Gasteiger partial charge in [-0.1, -0.05) is 5.16 Å². The second-order valence-corrected chi connectivity index (χ2v) is 5.31. The lowest BCUT2D eigenvalue weighted by Gasteiger charge is -2.18. The van der Waals surface area contributed by atoms with Crippen LogP contribution >= 0.6 is 15.9 Å². The van der Waals surface area contributed by atoms with E-state index in [0.29, 0.717) is 11.7 Å². The summed E-state index contributed by atoms with van der Waals surface area (Å²) in [6, 6.07) is 1.93. The lowest BCUT2D eigenvalue weighted by atomic mass is 10.00. The van der Waals surface area contributed by atoms with E-state index in [2.05, 4.69) is 36.4 Å². The highest BCUT2D eigenvalue weighted by Gasteiger charge is 2.21. The lowest BCUT2D eigenvalue weighted by molar-refractivity contribution is 0.322. The van der Waals surface area contributed by atoms with Crippen LogP contribution in [0.4, 0.5) is 0 Å². The monoisotopic (exact) mass is 308 g/mol. The van der Waals surface area contributed by atoms with Crippen LogP contribution in [-0.2, 0) is 0 Å². The first-order valence-electron chi connectivity index (χ1n) is 5.98. The summed E-state index contributed by atoms with van der Waals surface area (Å²) >= 11 is 3.38. The van der Waals surface area contributed by atoms with Crippen LogP contribution in [0.2, 0.25) is 0 Å². The molecule has 3 heterocycles. The van der Waals surface area contributed by atoms with Gasteiger partial charge >= 0.3 is 0 Å². The molecule has 1 saturated heterocycles. The fourth-order valence-corrected chi connectivity index (χ4v) is 2.48. The quantitative estimate of drug-likeness (QED) is 0.922. The van der Waals surface area contributed by atoms with Gasteiger partial charge in [-0.2, -0.15) is 4.98 Å². The standard InChI is InChI=1S/C12H13BrN4O/c13-10-4-9(6-15-7-10)11-16-12(18-17-11)8-2-1-3-14-5-8/h4,6-8,14H,1-3,5H2/t8-/m0/s1. The molecular formula is C12H13BrN4O. The number of nitrogens with one attached hydrogen (secondary N) is 1. The molecule has 2 aromatic rings. The molecule has 0 bridgehead atoms. The van der Waals surface area contributed by atoms with Crippen LogP contribution in [0.3, 0.4) is 0 Å². The SMILES string of the molecule is Brc1cncc(-c2noc([C@H]3CCCNC3)n2)c1. The zero-order valence-electron chi connectivity index (χ0n) is 9.77. The Morgan fingerprint density at radius 1 is 1.39 bits per heavy atom. The molecule has 1 atom stereocenters. The van der Waals surface area contributed by atoms with Crippen molar-refractivity contribution in [1.82, 2.24) is 20.4 Å². The zero-order valence-corrected chi connectivity index (χ0v) is 11.4. The largest absolute Gasteiger partial charge is 0.339 e. The van der Waals surface area contributed by atoms with Gasteiger partial charge in [-0.3, -0.25) is 4.98 Å². The highest BCUT2D eigenvalue weighted by molar-refractivity contribution is 9.10. The van der Waals surface area contributed by atoms with Crippen LogP contribution in [0.1, 0.15) is 24.7 Å². The second kappa shape index (κ2) is 5.16. The smallest absolute Gasteiger partial charge is 0.231 e. The van der Waals surface area contributed by atoms with Crippen molar-refractivity contribution in [3.63, 3.8) is 0 Å². The minimum absolute atomic E-state index is 0.333. The fourth-order valence-electron chi connectivity index (χ4n) is 2.12. The van der Waals surface area contributed by atoms with E-state index in [0.717, 1.165) is 41.9 Å². The third-order valence-corrected chi connectivity index (χ3v) is 3.48. The highest BCUT2D eigenvalue weighted by atomic mass is 79.9. The zero-order chi connectivity index (χ0) is 12.4. The first-order valence-corrected chi connectivity index (χ1v) is 6.77. The average Bonchev–Trinajstić information content (AvgIpc) is 2.89. The van der Waals surface area contributed by atoms with Crippen LogP contribution < -0.4 is 5.32 Å². The number of rotatable bonds is 2. The van der Waals surface area contributed by atoms with Crippen LogP contribution in [0, 0.1) is 0 Å². The number of nitrogens with zero attached hydrogens (tertiary/aromatic N) is 3. The Hall–Kier alpha value is -1.27. The average molecular weight is 309 g/mol. The number of halogens is 1. The summed E-state index contributed by atoms with van der Waals surface area (Å²) in [6.07, 6.45) is 5.72. The van der Waals surface area contributed by atoms with Gasteiger partial charge in [0.1, 0.15) is 0 Å². The summed E-state index contributed by atoms with van der Waals surface area (Å²) in [5, 5.41) is 7.37.